The molecule has 76 valence electrons. The van der Waals surface area contributed by atoms with Crippen LogP contribution in [0.15, 0.2) is 24.3 Å². The highest BCUT2D eigenvalue weighted by Crippen LogP contribution is 2.11. The molecule has 0 aliphatic rings. The van der Waals surface area contributed by atoms with Crippen LogP contribution in [0.2, 0.25) is 5.02 Å². The first-order valence-electron chi connectivity index (χ1n) is 4.36. The predicted octanol–water partition coefficient (Wildman–Crippen LogP) is 1.37. The molecule has 1 aromatic carbocycles. The van der Waals surface area contributed by atoms with Crippen molar-refractivity contribution in [1.29, 1.82) is 0 Å². The van der Waals surface area contributed by atoms with E-state index in [2.05, 4.69) is 0 Å². The lowest BCUT2D eigenvalue weighted by molar-refractivity contribution is 0.0799. The molecular weight excluding hydrogens is 200 g/mol. The number of carbonyl (C=O) groups excluding carboxylic acids is 1. The Labute approximate surface area is 88.5 Å². The number of hydrogen-bond acceptors (Lipinski definition) is 2. The summed E-state index contributed by atoms with van der Waals surface area (Å²) in [6.07, 6.45) is 0. The highest BCUT2D eigenvalue weighted by molar-refractivity contribution is 6.30. The lowest BCUT2D eigenvalue weighted by Crippen LogP contribution is -2.31. The second-order valence-electron chi connectivity index (χ2n) is 3.03. The Kier molecular flexibility index (Phi) is 3.92. The number of rotatable bonds is 3. The maximum atomic E-state index is 11.7. The molecule has 0 unspecified atom stereocenters. The average molecular weight is 213 g/mol. The summed E-state index contributed by atoms with van der Waals surface area (Å²) < 4.78 is 0. The maximum Gasteiger partial charge on any atom is 0.253 e. The summed E-state index contributed by atoms with van der Waals surface area (Å²) in [5, 5.41) is 0.567. The van der Waals surface area contributed by atoms with Crippen LogP contribution in [0.25, 0.3) is 0 Å². The minimum absolute atomic E-state index is 0.0575. The summed E-state index contributed by atoms with van der Waals surface area (Å²) in [5.41, 5.74) is 5.95. The fourth-order valence-electron chi connectivity index (χ4n) is 1.14. The molecule has 0 aromatic heterocycles. The Bertz CT molecular complexity index is 328. The van der Waals surface area contributed by atoms with Crippen molar-refractivity contribution >= 4 is 17.5 Å². The van der Waals surface area contributed by atoms with Crippen LogP contribution < -0.4 is 5.73 Å². The van der Waals surface area contributed by atoms with Crippen LogP contribution >= 0.6 is 11.6 Å². The van der Waals surface area contributed by atoms with Gasteiger partial charge in [-0.25, -0.2) is 0 Å². The van der Waals surface area contributed by atoms with E-state index in [9.17, 15) is 4.79 Å². The molecule has 2 N–H and O–H groups in total. The fourth-order valence-corrected chi connectivity index (χ4v) is 1.33. The molecule has 14 heavy (non-hydrogen) atoms. The maximum absolute atomic E-state index is 11.7. The quantitative estimate of drug-likeness (QED) is 0.823. The molecule has 0 aliphatic heterocycles. The average Bonchev–Trinajstić information content (AvgIpc) is 2.17. The molecule has 0 saturated heterocycles. The Morgan fingerprint density at radius 3 is 2.86 bits per heavy atom. The first-order chi connectivity index (χ1) is 6.65. The normalized spacial score (nSPS) is 9.93. The highest BCUT2D eigenvalue weighted by atomic mass is 35.5. The van der Waals surface area contributed by atoms with Crippen LogP contribution in [0.3, 0.4) is 0 Å². The second kappa shape index (κ2) is 4.98. The first-order valence-corrected chi connectivity index (χ1v) is 4.74. The van der Waals surface area contributed by atoms with Crippen molar-refractivity contribution in [3.63, 3.8) is 0 Å². The van der Waals surface area contributed by atoms with Gasteiger partial charge in [0.05, 0.1) is 0 Å². The summed E-state index contributed by atoms with van der Waals surface area (Å²) >= 11 is 5.78. The van der Waals surface area contributed by atoms with Gasteiger partial charge in [0.1, 0.15) is 0 Å². The molecule has 1 amide bonds. The fraction of sp³-hybridized carbons (Fsp3) is 0.300. The standard InChI is InChI=1S/C10H13ClN2O/c1-13(6-5-12)10(14)8-3-2-4-9(11)7-8/h2-4,7H,5-6,12H2,1H3. The SMILES string of the molecule is CN(CCN)C(=O)c1cccc(Cl)c1. The lowest BCUT2D eigenvalue weighted by atomic mass is 10.2. The van der Waals surface area contributed by atoms with Crippen molar-refractivity contribution in [2.24, 2.45) is 5.73 Å². The van der Waals surface area contributed by atoms with E-state index in [1.807, 2.05) is 0 Å². The number of likely N-dealkylation sites (N-methyl/N-ethyl adjacent to an activating group) is 1. The van der Waals surface area contributed by atoms with Gasteiger partial charge in [-0.1, -0.05) is 17.7 Å². The smallest absolute Gasteiger partial charge is 0.253 e. The van der Waals surface area contributed by atoms with Crippen LogP contribution in [-0.2, 0) is 0 Å². The highest BCUT2D eigenvalue weighted by Gasteiger charge is 2.10. The van der Waals surface area contributed by atoms with E-state index in [0.29, 0.717) is 23.7 Å². The van der Waals surface area contributed by atoms with Crippen molar-refractivity contribution in [1.82, 2.24) is 4.90 Å². The van der Waals surface area contributed by atoms with Crippen molar-refractivity contribution in [2.75, 3.05) is 20.1 Å². The van der Waals surface area contributed by atoms with E-state index in [0.717, 1.165) is 0 Å². The van der Waals surface area contributed by atoms with E-state index >= 15 is 0 Å². The molecule has 1 aromatic rings. The lowest BCUT2D eigenvalue weighted by Gasteiger charge is -2.15. The Hall–Kier alpha value is -1.06. The summed E-state index contributed by atoms with van der Waals surface area (Å²) in [5.74, 6) is -0.0575. The molecule has 4 heteroatoms. The molecule has 0 heterocycles. The molecular formula is C10H13ClN2O. The largest absolute Gasteiger partial charge is 0.340 e. The van der Waals surface area contributed by atoms with Crippen LogP contribution in [0.4, 0.5) is 0 Å². The molecule has 0 spiro atoms. The van der Waals surface area contributed by atoms with Crippen molar-refractivity contribution in [3.05, 3.63) is 34.9 Å². The van der Waals surface area contributed by atoms with E-state index in [1.165, 1.54) is 0 Å². The van der Waals surface area contributed by atoms with E-state index in [4.69, 9.17) is 17.3 Å². The topological polar surface area (TPSA) is 46.3 Å². The summed E-state index contributed by atoms with van der Waals surface area (Å²) in [6.45, 7) is 1.01. The van der Waals surface area contributed by atoms with Gasteiger partial charge in [-0.3, -0.25) is 4.79 Å². The monoisotopic (exact) mass is 212 g/mol. The number of benzene rings is 1. The van der Waals surface area contributed by atoms with Crippen molar-refractivity contribution < 1.29 is 4.79 Å². The molecule has 0 radical (unpaired) electrons. The van der Waals surface area contributed by atoms with Crippen LogP contribution in [0.5, 0.6) is 0 Å². The van der Waals surface area contributed by atoms with E-state index in [1.54, 1.807) is 36.2 Å². The molecule has 0 bridgehead atoms. The van der Waals surface area contributed by atoms with Crippen LogP contribution in [0.1, 0.15) is 10.4 Å². The molecule has 0 atom stereocenters. The van der Waals surface area contributed by atoms with Gasteiger partial charge in [0.25, 0.3) is 5.91 Å². The zero-order valence-corrected chi connectivity index (χ0v) is 8.79. The van der Waals surface area contributed by atoms with Gasteiger partial charge in [0, 0.05) is 30.7 Å². The Balaban J connectivity index is 2.78. The number of nitrogens with zero attached hydrogens (tertiary/aromatic N) is 1. The number of hydrogen-bond donors (Lipinski definition) is 1. The van der Waals surface area contributed by atoms with Crippen LogP contribution in [-0.4, -0.2) is 30.9 Å². The minimum atomic E-state index is -0.0575. The van der Waals surface area contributed by atoms with Crippen molar-refractivity contribution in [3.8, 4) is 0 Å². The third-order valence-corrected chi connectivity index (χ3v) is 2.12. The Morgan fingerprint density at radius 1 is 1.57 bits per heavy atom. The third-order valence-electron chi connectivity index (χ3n) is 1.88. The molecule has 0 aliphatic carbocycles. The molecule has 0 fully saturated rings. The molecule has 1 rings (SSSR count). The number of amides is 1. The van der Waals surface area contributed by atoms with Gasteiger partial charge < -0.3 is 10.6 Å². The predicted molar refractivity (Wildman–Crippen MR) is 57.5 cm³/mol. The van der Waals surface area contributed by atoms with Gasteiger partial charge in [0.2, 0.25) is 0 Å². The second-order valence-corrected chi connectivity index (χ2v) is 3.46. The first kappa shape index (κ1) is 11.0. The summed E-state index contributed by atoms with van der Waals surface area (Å²) in [4.78, 5) is 13.3. The van der Waals surface area contributed by atoms with E-state index < -0.39 is 0 Å². The summed E-state index contributed by atoms with van der Waals surface area (Å²) in [6, 6.07) is 6.88. The Morgan fingerprint density at radius 2 is 2.29 bits per heavy atom. The number of halogens is 1. The van der Waals surface area contributed by atoms with Gasteiger partial charge in [-0.15, -0.1) is 0 Å². The van der Waals surface area contributed by atoms with Crippen LogP contribution in [0, 0.1) is 0 Å². The van der Waals surface area contributed by atoms with Crippen molar-refractivity contribution in [2.45, 2.75) is 0 Å². The number of nitrogens with two attached hydrogens (primary N) is 1. The molecule has 3 nitrogen and oxygen atoms in total. The minimum Gasteiger partial charge on any atom is -0.340 e. The third kappa shape index (κ3) is 2.72. The summed E-state index contributed by atoms with van der Waals surface area (Å²) in [7, 11) is 1.72. The number of carbonyl (C=O) groups is 1. The zero-order valence-electron chi connectivity index (χ0n) is 8.03. The molecule has 0 saturated carbocycles. The van der Waals surface area contributed by atoms with Gasteiger partial charge >= 0.3 is 0 Å². The van der Waals surface area contributed by atoms with Gasteiger partial charge in [-0.05, 0) is 18.2 Å². The van der Waals surface area contributed by atoms with E-state index in [-0.39, 0.29) is 5.91 Å². The van der Waals surface area contributed by atoms with Gasteiger partial charge in [-0.2, -0.15) is 0 Å². The zero-order chi connectivity index (χ0) is 10.6. The van der Waals surface area contributed by atoms with Gasteiger partial charge in [0.15, 0.2) is 0 Å².